The van der Waals surface area contributed by atoms with E-state index in [2.05, 4.69) is 34.6 Å². The van der Waals surface area contributed by atoms with Crippen molar-refractivity contribution in [1.29, 1.82) is 0 Å². The summed E-state index contributed by atoms with van der Waals surface area (Å²) in [6, 6.07) is 21.4. The quantitative estimate of drug-likeness (QED) is 0.553. The summed E-state index contributed by atoms with van der Waals surface area (Å²) in [5, 5.41) is 12.2. The topological polar surface area (TPSA) is 82.2 Å². The van der Waals surface area contributed by atoms with Crippen LogP contribution in [0.1, 0.15) is 29.4 Å². The second-order valence-corrected chi connectivity index (χ2v) is 7.00. The first kappa shape index (κ1) is 19.4. The van der Waals surface area contributed by atoms with Crippen LogP contribution in [0, 0.1) is 5.92 Å². The molecule has 3 N–H and O–H groups in total. The van der Waals surface area contributed by atoms with Gasteiger partial charge in [0.15, 0.2) is 0 Å². The molecule has 2 atom stereocenters. The van der Waals surface area contributed by atoms with Crippen LogP contribution in [0.4, 0.5) is 0 Å². The molecule has 0 aliphatic heterocycles. The van der Waals surface area contributed by atoms with E-state index >= 15 is 0 Å². The average Bonchev–Trinajstić information content (AvgIpc) is 3.24. The summed E-state index contributed by atoms with van der Waals surface area (Å²) < 4.78 is 0. The summed E-state index contributed by atoms with van der Waals surface area (Å²) >= 11 is 0. The molecule has 0 saturated heterocycles. The van der Waals surface area contributed by atoms with E-state index in [1.54, 1.807) is 25.3 Å². The van der Waals surface area contributed by atoms with Crippen LogP contribution in [0.15, 0.2) is 72.9 Å². The molecular weight excluding hydrogens is 352 g/mol. The summed E-state index contributed by atoms with van der Waals surface area (Å²) in [4.78, 5) is 26.6. The van der Waals surface area contributed by atoms with E-state index in [0.717, 1.165) is 16.7 Å². The first-order valence-corrected chi connectivity index (χ1v) is 9.34. The van der Waals surface area contributed by atoms with Crippen LogP contribution in [0.25, 0.3) is 11.1 Å². The Morgan fingerprint density at radius 3 is 2.25 bits per heavy atom. The Kier molecular flexibility index (Phi) is 6.27. The largest absolute Gasteiger partial charge is 0.481 e. The van der Waals surface area contributed by atoms with Crippen molar-refractivity contribution in [3.05, 3.63) is 84.2 Å². The average molecular weight is 376 g/mol. The Bertz CT molecular complexity index is 903. The number of aromatic amines is 1. The minimum absolute atomic E-state index is 0.228. The standard InChI is InChI=1S/C23H24N2O3/c1-16(23(27)28)14-20(25-22(26)21-8-5-13-24-21)15-17-9-11-19(12-10-17)18-6-3-2-4-7-18/h2-13,16,20,24H,14-15H2,1H3,(H,25,26)(H,27,28)/t16-,20+/m1/s1. The van der Waals surface area contributed by atoms with Gasteiger partial charge in [-0.25, -0.2) is 0 Å². The van der Waals surface area contributed by atoms with Crippen LogP contribution >= 0.6 is 0 Å². The molecule has 0 fully saturated rings. The van der Waals surface area contributed by atoms with Crippen LogP contribution in [-0.4, -0.2) is 28.0 Å². The van der Waals surface area contributed by atoms with Crippen molar-refractivity contribution >= 4 is 11.9 Å². The molecule has 1 heterocycles. The van der Waals surface area contributed by atoms with Gasteiger partial charge in [0.25, 0.3) is 5.91 Å². The Balaban J connectivity index is 1.72. The van der Waals surface area contributed by atoms with E-state index < -0.39 is 11.9 Å². The summed E-state index contributed by atoms with van der Waals surface area (Å²) in [6.07, 6.45) is 2.62. The van der Waals surface area contributed by atoms with Crippen LogP contribution in [-0.2, 0) is 11.2 Å². The predicted octanol–water partition coefficient (Wildman–Crippen LogP) is 4.13. The first-order chi connectivity index (χ1) is 13.5. The molecule has 0 aliphatic rings. The minimum Gasteiger partial charge on any atom is -0.481 e. The highest BCUT2D eigenvalue weighted by Crippen LogP contribution is 2.20. The number of benzene rings is 2. The highest BCUT2D eigenvalue weighted by Gasteiger charge is 2.21. The molecule has 5 nitrogen and oxygen atoms in total. The molecule has 0 aliphatic carbocycles. The lowest BCUT2D eigenvalue weighted by atomic mass is 9.95. The molecule has 1 amide bonds. The fraction of sp³-hybridized carbons (Fsp3) is 0.217. The number of rotatable bonds is 8. The molecule has 1 aromatic heterocycles. The number of H-pyrrole nitrogens is 1. The van der Waals surface area contributed by atoms with Crippen molar-refractivity contribution in [2.75, 3.05) is 0 Å². The van der Waals surface area contributed by atoms with Gasteiger partial charge in [0, 0.05) is 12.2 Å². The van der Waals surface area contributed by atoms with E-state index in [4.69, 9.17) is 0 Å². The van der Waals surface area contributed by atoms with Crippen LogP contribution in [0.3, 0.4) is 0 Å². The van der Waals surface area contributed by atoms with Gasteiger partial charge in [0.2, 0.25) is 0 Å². The van der Waals surface area contributed by atoms with E-state index in [0.29, 0.717) is 18.5 Å². The number of carboxylic acids is 1. The second kappa shape index (κ2) is 9.04. The van der Waals surface area contributed by atoms with Crippen molar-refractivity contribution < 1.29 is 14.7 Å². The van der Waals surface area contributed by atoms with E-state index in [1.165, 1.54) is 0 Å². The monoisotopic (exact) mass is 376 g/mol. The van der Waals surface area contributed by atoms with Crippen molar-refractivity contribution in [3.8, 4) is 11.1 Å². The maximum absolute atomic E-state index is 12.4. The predicted molar refractivity (Wildman–Crippen MR) is 109 cm³/mol. The lowest BCUT2D eigenvalue weighted by Crippen LogP contribution is -2.38. The molecule has 0 saturated carbocycles. The second-order valence-electron chi connectivity index (χ2n) is 7.00. The Hall–Kier alpha value is -3.34. The maximum atomic E-state index is 12.4. The maximum Gasteiger partial charge on any atom is 0.306 e. The molecular formula is C23H24N2O3. The number of carboxylic acid groups (broad SMARTS) is 1. The molecule has 0 unspecified atom stereocenters. The lowest BCUT2D eigenvalue weighted by Gasteiger charge is -2.21. The van der Waals surface area contributed by atoms with Gasteiger partial charge in [0.1, 0.15) is 5.69 Å². The summed E-state index contributed by atoms with van der Waals surface area (Å²) in [6.45, 7) is 1.66. The van der Waals surface area contributed by atoms with Crippen LogP contribution in [0.5, 0.6) is 0 Å². The zero-order chi connectivity index (χ0) is 19.9. The number of carbonyl (C=O) groups is 2. The SMILES string of the molecule is C[C@H](C[C@@H](Cc1ccc(-c2ccccc2)cc1)NC(=O)c1ccc[nH]1)C(=O)O. The molecule has 0 radical (unpaired) electrons. The molecule has 144 valence electrons. The number of aromatic nitrogens is 1. The smallest absolute Gasteiger partial charge is 0.306 e. The highest BCUT2D eigenvalue weighted by molar-refractivity contribution is 5.92. The number of aliphatic carboxylic acids is 1. The molecule has 28 heavy (non-hydrogen) atoms. The zero-order valence-electron chi connectivity index (χ0n) is 15.8. The highest BCUT2D eigenvalue weighted by atomic mass is 16.4. The molecule has 0 bridgehead atoms. The summed E-state index contributed by atoms with van der Waals surface area (Å²) in [5.74, 6) is -1.63. The molecule has 3 aromatic rings. The van der Waals surface area contributed by atoms with E-state index in [9.17, 15) is 14.7 Å². The van der Waals surface area contributed by atoms with Crippen molar-refractivity contribution in [1.82, 2.24) is 10.3 Å². The number of amides is 1. The lowest BCUT2D eigenvalue weighted by molar-refractivity contribution is -0.141. The van der Waals surface area contributed by atoms with Crippen molar-refractivity contribution in [3.63, 3.8) is 0 Å². The van der Waals surface area contributed by atoms with Gasteiger partial charge in [0.05, 0.1) is 5.92 Å². The molecule has 3 rings (SSSR count). The number of nitrogens with one attached hydrogen (secondary N) is 2. The Morgan fingerprint density at radius 1 is 0.964 bits per heavy atom. The Morgan fingerprint density at radius 2 is 1.64 bits per heavy atom. The minimum atomic E-state index is -0.862. The van der Waals surface area contributed by atoms with Gasteiger partial charge in [-0.2, -0.15) is 0 Å². The molecule has 2 aromatic carbocycles. The van der Waals surface area contributed by atoms with Gasteiger partial charge in [-0.05, 0) is 41.7 Å². The fourth-order valence-electron chi connectivity index (χ4n) is 3.20. The van der Waals surface area contributed by atoms with Crippen LogP contribution < -0.4 is 5.32 Å². The first-order valence-electron chi connectivity index (χ1n) is 9.34. The Labute approximate surface area is 164 Å². The zero-order valence-corrected chi connectivity index (χ0v) is 15.8. The third-order valence-corrected chi connectivity index (χ3v) is 4.78. The molecule has 5 heteroatoms. The number of hydrogen-bond donors (Lipinski definition) is 3. The van der Waals surface area contributed by atoms with Gasteiger partial charge in [-0.15, -0.1) is 0 Å². The van der Waals surface area contributed by atoms with Crippen molar-refractivity contribution in [2.24, 2.45) is 5.92 Å². The van der Waals surface area contributed by atoms with Gasteiger partial charge < -0.3 is 15.4 Å². The molecule has 0 spiro atoms. The van der Waals surface area contributed by atoms with Crippen molar-refractivity contribution in [2.45, 2.75) is 25.8 Å². The van der Waals surface area contributed by atoms with Crippen LogP contribution in [0.2, 0.25) is 0 Å². The third kappa shape index (κ3) is 5.10. The number of carbonyl (C=O) groups excluding carboxylic acids is 1. The van der Waals surface area contributed by atoms with Gasteiger partial charge in [-0.1, -0.05) is 61.5 Å². The number of hydrogen-bond acceptors (Lipinski definition) is 2. The third-order valence-electron chi connectivity index (χ3n) is 4.78. The van der Waals surface area contributed by atoms with E-state index in [-0.39, 0.29) is 11.9 Å². The fourth-order valence-corrected chi connectivity index (χ4v) is 3.20. The van der Waals surface area contributed by atoms with E-state index in [1.807, 2.05) is 30.3 Å². The van der Waals surface area contributed by atoms with Gasteiger partial charge in [-0.3, -0.25) is 9.59 Å². The summed E-state index contributed by atoms with van der Waals surface area (Å²) in [7, 11) is 0. The summed E-state index contributed by atoms with van der Waals surface area (Å²) in [5.41, 5.74) is 3.78. The normalized spacial score (nSPS) is 12.9. The van der Waals surface area contributed by atoms with Gasteiger partial charge >= 0.3 is 5.97 Å².